The Bertz CT molecular complexity index is 1760. The van der Waals surface area contributed by atoms with Crippen molar-refractivity contribution in [2.75, 3.05) is 9.80 Å². The molecule has 0 radical (unpaired) electrons. The summed E-state index contributed by atoms with van der Waals surface area (Å²) in [6, 6.07) is 15.1. The molecule has 2 aliphatic rings. The molecule has 1 unspecified atom stereocenters. The normalized spacial score (nSPS) is 17.9. The molecule has 220 valence electrons. The molecule has 13 heteroatoms. The highest BCUT2D eigenvalue weighted by atomic mass is 35.5. The van der Waals surface area contributed by atoms with E-state index < -0.39 is 54.6 Å². The van der Waals surface area contributed by atoms with Crippen LogP contribution in [0.25, 0.3) is 0 Å². The van der Waals surface area contributed by atoms with Gasteiger partial charge in [0.25, 0.3) is 11.8 Å². The molecule has 1 aromatic heterocycles. The Morgan fingerprint density at radius 3 is 2.30 bits per heavy atom. The quantitative estimate of drug-likeness (QED) is 0.410. The van der Waals surface area contributed by atoms with Crippen molar-refractivity contribution in [2.24, 2.45) is 0 Å². The van der Waals surface area contributed by atoms with Crippen LogP contribution in [0.4, 0.5) is 20.3 Å². The van der Waals surface area contributed by atoms with Crippen molar-refractivity contribution in [1.82, 2.24) is 10.3 Å². The van der Waals surface area contributed by atoms with Crippen molar-refractivity contribution in [3.05, 3.63) is 88.1 Å². The van der Waals surface area contributed by atoms with Gasteiger partial charge in [-0.05, 0) is 42.8 Å². The number of pyridine rings is 1. The minimum absolute atomic E-state index is 0.0107. The van der Waals surface area contributed by atoms with E-state index in [9.17, 15) is 39.0 Å². The van der Waals surface area contributed by atoms with Crippen LogP contribution in [0.2, 0.25) is 5.02 Å². The Morgan fingerprint density at radius 2 is 1.68 bits per heavy atom. The van der Waals surface area contributed by atoms with E-state index in [4.69, 9.17) is 11.6 Å². The van der Waals surface area contributed by atoms with Gasteiger partial charge in [-0.25, -0.2) is 13.8 Å². The van der Waals surface area contributed by atoms with Crippen molar-refractivity contribution in [3.63, 3.8) is 0 Å². The molecule has 44 heavy (non-hydrogen) atoms. The Hall–Kier alpha value is -5.38. The van der Waals surface area contributed by atoms with E-state index in [0.29, 0.717) is 0 Å². The van der Waals surface area contributed by atoms with E-state index in [-0.39, 0.29) is 51.6 Å². The number of rotatable bonds is 7. The zero-order valence-electron chi connectivity index (χ0n) is 22.9. The summed E-state index contributed by atoms with van der Waals surface area (Å²) in [6.07, 6.45) is 0.112. The van der Waals surface area contributed by atoms with Gasteiger partial charge in [0, 0.05) is 47.8 Å². The van der Waals surface area contributed by atoms with Gasteiger partial charge in [-0.15, -0.1) is 0 Å². The number of carbonyl (C=O) groups excluding carboxylic acids is 3. The van der Waals surface area contributed by atoms with Crippen LogP contribution in [-0.2, 0) is 14.4 Å². The predicted octanol–water partition coefficient (Wildman–Crippen LogP) is 4.53. The second-order valence-corrected chi connectivity index (χ2v) is 10.8. The summed E-state index contributed by atoms with van der Waals surface area (Å²) in [5, 5.41) is 31.4. The number of hydrogen-bond acceptors (Lipinski definition) is 7. The maximum Gasteiger partial charge on any atom is 0.252 e. The van der Waals surface area contributed by atoms with Gasteiger partial charge in [-0.1, -0.05) is 29.8 Å². The third-order valence-electron chi connectivity index (χ3n) is 7.45. The Labute approximate surface area is 255 Å². The van der Waals surface area contributed by atoms with E-state index in [2.05, 4.69) is 10.3 Å². The number of benzene rings is 2. The molecule has 1 saturated heterocycles. The molecule has 3 aromatic rings. The summed E-state index contributed by atoms with van der Waals surface area (Å²) in [6.45, 7) is 0. The van der Waals surface area contributed by atoms with Gasteiger partial charge in [-0.3, -0.25) is 24.2 Å². The summed E-state index contributed by atoms with van der Waals surface area (Å²) in [7, 11) is 0. The van der Waals surface area contributed by atoms with E-state index in [1.165, 1.54) is 48.7 Å². The zero-order valence-corrected chi connectivity index (χ0v) is 23.6. The molecule has 2 aromatic carbocycles. The molecule has 0 bridgehead atoms. The SMILES string of the molecule is N#Cc1cc(C#N)cc(N(C(=O)[C@@H]2CCC(=O)N2c2cc(C#N)ccn2)C(C(=O)NC2CC(F)(F)C2)c2ccccc2Cl)c1. The number of nitrogens with zero attached hydrogens (tertiary/aromatic N) is 6. The Balaban J connectivity index is 1.67. The monoisotopic (exact) mass is 613 g/mol. The van der Waals surface area contributed by atoms with Gasteiger partial charge in [-0.2, -0.15) is 15.8 Å². The molecule has 1 aliphatic heterocycles. The number of nitriles is 3. The first kappa shape index (κ1) is 30.1. The van der Waals surface area contributed by atoms with Crippen molar-refractivity contribution in [1.29, 1.82) is 15.8 Å². The maximum absolute atomic E-state index is 14.7. The lowest BCUT2D eigenvalue weighted by Gasteiger charge is -2.39. The average Bonchev–Trinajstić information content (AvgIpc) is 3.39. The second-order valence-electron chi connectivity index (χ2n) is 10.4. The number of halogens is 3. The molecule has 3 amide bonds. The maximum atomic E-state index is 14.7. The molecule has 2 heterocycles. The number of aromatic nitrogens is 1. The van der Waals surface area contributed by atoms with Crippen LogP contribution in [0.3, 0.4) is 0 Å². The van der Waals surface area contributed by atoms with Crippen LogP contribution in [0.5, 0.6) is 0 Å². The van der Waals surface area contributed by atoms with Gasteiger partial charge >= 0.3 is 0 Å². The molecular weight excluding hydrogens is 592 g/mol. The van der Waals surface area contributed by atoms with Crippen LogP contribution >= 0.6 is 11.6 Å². The molecule has 1 saturated carbocycles. The van der Waals surface area contributed by atoms with Crippen molar-refractivity contribution in [2.45, 2.75) is 49.7 Å². The lowest BCUT2D eigenvalue weighted by molar-refractivity contribution is -0.133. The van der Waals surface area contributed by atoms with Gasteiger partial charge in [0.2, 0.25) is 11.8 Å². The molecular formula is C31H22ClF2N7O3. The minimum Gasteiger partial charge on any atom is -0.351 e. The number of carbonyl (C=O) groups is 3. The summed E-state index contributed by atoms with van der Waals surface area (Å²) in [5.74, 6) is -4.95. The second kappa shape index (κ2) is 12.1. The predicted molar refractivity (Wildman–Crippen MR) is 153 cm³/mol. The summed E-state index contributed by atoms with van der Waals surface area (Å²) in [5.41, 5.74) is 0.340. The number of alkyl halides is 2. The van der Waals surface area contributed by atoms with Crippen molar-refractivity contribution in [3.8, 4) is 18.2 Å². The van der Waals surface area contributed by atoms with Crippen molar-refractivity contribution >= 4 is 40.8 Å². The van der Waals surface area contributed by atoms with E-state index in [1.807, 2.05) is 18.2 Å². The van der Waals surface area contributed by atoms with Gasteiger partial charge < -0.3 is 5.32 Å². The molecule has 1 aliphatic carbocycles. The summed E-state index contributed by atoms with van der Waals surface area (Å²) >= 11 is 6.54. The fourth-order valence-electron chi connectivity index (χ4n) is 5.41. The van der Waals surface area contributed by atoms with E-state index in [1.54, 1.807) is 12.1 Å². The van der Waals surface area contributed by atoms with Crippen LogP contribution in [0.15, 0.2) is 60.8 Å². The van der Waals surface area contributed by atoms with Crippen LogP contribution in [0.1, 0.15) is 54.0 Å². The molecule has 2 fully saturated rings. The zero-order chi connectivity index (χ0) is 31.6. The van der Waals surface area contributed by atoms with Crippen LogP contribution < -0.4 is 15.1 Å². The summed E-state index contributed by atoms with van der Waals surface area (Å²) in [4.78, 5) is 48.1. The highest BCUT2D eigenvalue weighted by Crippen LogP contribution is 2.40. The largest absolute Gasteiger partial charge is 0.351 e. The van der Waals surface area contributed by atoms with Gasteiger partial charge in [0.1, 0.15) is 17.9 Å². The fourth-order valence-corrected chi connectivity index (χ4v) is 5.64. The highest BCUT2D eigenvalue weighted by molar-refractivity contribution is 6.31. The third kappa shape index (κ3) is 5.92. The number of anilines is 2. The van der Waals surface area contributed by atoms with Crippen LogP contribution in [0, 0.1) is 34.0 Å². The summed E-state index contributed by atoms with van der Waals surface area (Å²) < 4.78 is 27.4. The smallest absolute Gasteiger partial charge is 0.252 e. The van der Waals surface area contributed by atoms with Crippen LogP contribution in [-0.4, -0.2) is 40.7 Å². The minimum atomic E-state index is -2.94. The first-order chi connectivity index (χ1) is 21.0. The topological polar surface area (TPSA) is 154 Å². The van der Waals surface area contributed by atoms with Crippen molar-refractivity contribution < 1.29 is 23.2 Å². The van der Waals surface area contributed by atoms with Gasteiger partial charge in [0.05, 0.1) is 34.9 Å². The molecule has 2 atom stereocenters. The first-order valence-corrected chi connectivity index (χ1v) is 13.8. The standard InChI is InChI=1S/C31H22ClF2N7O3/c32-24-4-2-1-3-23(24)28(29(43)39-21-13-31(33,34)14-21)40(22-10-19(16-36)9-20(11-22)17-37)30(44)25-5-6-27(42)41(25)26-12-18(15-35)7-8-38-26/h1-4,7-12,21,25,28H,5-6,13-14H2,(H,39,43)/t25-,28?/m0/s1. The molecule has 10 nitrogen and oxygen atoms in total. The molecule has 5 rings (SSSR count). The number of nitrogens with one attached hydrogen (secondary N) is 1. The Kier molecular flexibility index (Phi) is 8.26. The van der Waals surface area contributed by atoms with E-state index in [0.717, 1.165) is 9.80 Å². The van der Waals surface area contributed by atoms with E-state index >= 15 is 0 Å². The lowest BCUT2D eigenvalue weighted by atomic mass is 9.87. The first-order valence-electron chi connectivity index (χ1n) is 13.4. The van der Waals surface area contributed by atoms with Gasteiger partial charge in [0.15, 0.2) is 0 Å². The third-order valence-corrected chi connectivity index (χ3v) is 7.80. The lowest BCUT2D eigenvalue weighted by Crippen LogP contribution is -2.56. The Morgan fingerprint density at radius 1 is 1.02 bits per heavy atom. The molecule has 1 N–H and O–H groups in total. The average molecular weight is 614 g/mol. The number of hydrogen-bond donors (Lipinski definition) is 1. The highest BCUT2D eigenvalue weighted by Gasteiger charge is 2.48. The molecule has 0 spiro atoms. The number of amides is 3. The fraction of sp³-hybridized carbons (Fsp3) is 0.258.